The van der Waals surface area contributed by atoms with Crippen LogP contribution in [-0.4, -0.2) is 37.1 Å². The number of rotatable bonds is 4. The highest BCUT2D eigenvalue weighted by atomic mass is 32.2. The van der Waals surface area contributed by atoms with Crippen LogP contribution >= 0.6 is 11.8 Å². The Morgan fingerprint density at radius 3 is 2.30 bits per heavy atom. The third kappa shape index (κ3) is 6.91. The summed E-state index contributed by atoms with van der Waals surface area (Å²) in [6.07, 6.45) is 2.95. The molecule has 0 unspecified atom stereocenters. The van der Waals surface area contributed by atoms with Crippen molar-refractivity contribution in [2.45, 2.75) is 52.9 Å². The van der Waals surface area contributed by atoms with Crippen molar-refractivity contribution in [3.63, 3.8) is 0 Å². The van der Waals surface area contributed by atoms with E-state index in [4.69, 9.17) is 9.73 Å². The standard InChI is InChI=1S/C18H29NO2SSi/c1-13-11-14(16(22-5)19-12-23(6,7)8)9-10-15(13)17(20)21-18(2,3)4/h9-11H,12H2,1-8H3/b19-16-. The van der Waals surface area contributed by atoms with E-state index in [0.717, 1.165) is 22.3 Å². The minimum absolute atomic E-state index is 0.272. The van der Waals surface area contributed by atoms with Crippen molar-refractivity contribution >= 4 is 30.8 Å². The van der Waals surface area contributed by atoms with Gasteiger partial charge in [-0.3, -0.25) is 4.99 Å². The lowest BCUT2D eigenvalue weighted by Crippen LogP contribution is -2.25. The molecule has 0 saturated heterocycles. The van der Waals surface area contributed by atoms with Gasteiger partial charge in [-0.15, -0.1) is 11.8 Å². The maximum absolute atomic E-state index is 12.2. The van der Waals surface area contributed by atoms with Crippen LogP contribution in [0.25, 0.3) is 0 Å². The molecule has 128 valence electrons. The van der Waals surface area contributed by atoms with Crippen molar-refractivity contribution in [2.24, 2.45) is 4.99 Å². The molecule has 0 aliphatic carbocycles. The molecule has 0 bridgehead atoms. The van der Waals surface area contributed by atoms with Crippen molar-refractivity contribution in [3.8, 4) is 0 Å². The van der Waals surface area contributed by atoms with E-state index in [-0.39, 0.29) is 5.97 Å². The molecule has 1 aromatic rings. The number of carbonyl (C=O) groups is 1. The molecule has 0 aromatic heterocycles. The topological polar surface area (TPSA) is 38.7 Å². The van der Waals surface area contributed by atoms with Gasteiger partial charge >= 0.3 is 5.97 Å². The summed E-state index contributed by atoms with van der Waals surface area (Å²) >= 11 is 1.65. The lowest BCUT2D eigenvalue weighted by atomic mass is 10.1. The molecule has 0 saturated carbocycles. The number of carbonyl (C=O) groups excluding carboxylic acids is 1. The second kappa shape index (κ2) is 7.66. The number of nitrogens with zero attached hydrogens (tertiary/aromatic N) is 1. The second-order valence-corrected chi connectivity index (χ2v) is 14.2. The number of aryl methyl sites for hydroxylation is 1. The molecule has 1 rings (SSSR count). The Bertz CT molecular complexity index is 598. The number of ether oxygens (including phenoxy) is 1. The molecule has 0 radical (unpaired) electrons. The molecule has 0 fully saturated rings. The van der Waals surface area contributed by atoms with Crippen LogP contribution in [-0.2, 0) is 4.74 Å². The summed E-state index contributed by atoms with van der Waals surface area (Å²) in [4.78, 5) is 17.0. The van der Waals surface area contributed by atoms with Gasteiger partial charge in [-0.1, -0.05) is 25.7 Å². The Hall–Kier alpha value is -1.07. The SMILES string of the molecule is CS/C(=N\C[Si](C)(C)C)c1ccc(C(=O)OC(C)(C)C)c(C)c1. The molecule has 0 aliphatic rings. The van der Waals surface area contributed by atoms with Crippen LogP contribution < -0.4 is 0 Å². The maximum atomic E-state index is 12.2. The average Bonchev–Trinajstić information content (AvgIpc) is 2.36. The fourth-order valence-electron chi connectivity index (χ4n) is 1.94. The molecule has 0 aliphatic heterocycles. The Kier molecular flexibility index (Phi) is 6.66. The molecule has 23 heavy (non-hydrogen) atoms. The van der Waals surface area contributed by atoms with Gasteiger partial charge in [-0.25, -0.2) is 4.79 Å². The van der Waals surface area contributed by atoms with Gasteiger partial charge in [0.1, 0.15) is 5.60 Å². The summed E-state index contributed by atoms with van der Waals surface area (Å²) < 4.78 is 5.45. The second-order valence-electron chi connectivity index (χ2n) is 7.92. The number of hydrogen-bond acceptors (Lipinski definition) is 4. The van der Waals surface area contributed by atoms with Gasteiger partial charge < -0.3 is 4.74 Å². The molecular formula is C18H29NO2SSi. The molecule has 0 heterocycles. The molecule has 5 heteroatoms. The lowest BCUT2D eigenvalue weighted by Gasteiger charge is -2.20. The van der Waals surface area contributed by atoms with E-state index in [1.807, 2.05) is 52.1 Å². The van der Waals surface area contributed by atoms with Crippen LogP contribution in [0.5, 0.6) is 0 Å². The zero-order chi connectivity index (χ0) is 17.8. The van der Waals surface area contributed by atoms with Crippen molar-refractivity contribution in [1.82, 2.24) is 0 Å². The zero-order valence-electron chi connectivity index (χ0n) is 15.6. The van der Waals surface area contributed by atoms with Gasteiger partial charge in [0.25, 0.3) is 0 Å². The van der Waals surface area contributed by atoms with Gasteiger partial charge in [-0.05, 0) is 51.6 Å². The minimum Gasteiger partial charge on any atom is -0.456 e. The summed E-state index contributed by atoms with van der Waals surface area (Å²) in [5, 5.41) is 1.03. The highest BCUT2D eigenvalue weighted by Gasteiger charge is 2.20. The zero-order valence-corrected chi connectivity index (χ0v) is 17.4. The van der Waals surface area contributed by atoms with E-state index < -0.39 is 13.7 Å². The number of hydrogen-bond donors (Lipinski definition) is 0. The highest BCUT2D eigenvalue weighted by molar-refractivity contribution is 8.13. The number of aliphatic imine (C=N–C) groups is 1. The van der Waals surface area contributed by atoms with Gasteiger partial charge in [0.2, 0.25) is 0 Å². The number of thioether (sulfide) groups is 1. The maximum Gasteiger partial charge on any atom is 0.338 e. The fraction of sp³-hybridized carbons (Fsp3) is 0.556. The number of benzene rings is 1. The highest BCUT2D eigenvalue weighted by Crippen LogP contribution is 2.20. The van der Waals surface area contributed by atoms with E-state index in [9.17, 15) is 4.79 Å². The molecule has 3 nitrogen and oxygen atoms in total. The molecule has 1 aromatic carbocycles. The van der Waals surface area contributed by atoms with Crippen LogP contribution in [0.3, 0.4) is 0 Å². The monoisotopic (exact) mass is 351 g/mol. The van der Waals surface area contributed by atoms with E-state index in [2.05, 4.69) is 19.6 Å². The summed E-state index contributed by atoms with van der Waals surface area (Å²) in [6.45, 7) is 14.5. The minimum atomic E-state index is -1.21. The first-order chi connectivity index (χ1) is 10.4. The third-order valence-electron chi connectivity index (χ3n) is 2.98. The number of esters is 1. The van der Waals surface area contributed by atoms with Crippen molar-refractivity contribution < 1.29 is 9.53 Å². The van der Waals surface area contributed by atoms with Gasteiger partial charge in [0.15, 0.2) is 0 Å². The molecule has 0 spiro atoms. The van der Waals surface area contributed by atoms with Gasteiger partial charge in [-0.2, -0.15) is 0 Å². The van der Waals surface area contributed by atoms with E-state index in [1.165, 1.54) is 0 Å². The van der Waals surface area contributed by atoms with E-state index in [0.29, 0.717) is 5.56 Å². The van der Waals surface area contributed by atoms with E-state index >= 15 is 0 Å². The average molecular weight is 352 g/mol. The fourth-order valence-corrected chi connectivity index (χ4v) is 3.24. The van der Waals surface area contributed by atoms with Crippen molar-refractivity contribution in [2.75, 3.05) is 12.4 Å². The quantitative estimate of drug-likeness (QED) is 0.334. The van der Waals surface area contributed by atoms with Crippen molar-refractivity contribution in [3.05, 3.63) is 34.9 Å². The first kappa shape index (κ1) is 20.0. The van der Waals surface area contributed by atoms with Crippen LogP contribution in [0, 0.1) is 6.92 Å². The summed E-state index contributed by atoms with van der Waals surface area (Å²) in [6, 6.07) is 5.84. The Morgan fingerprint density at radius 2 is 1.87 bits per heavy atom. The Morgan fingerprint density at radius 1 is 1.26 bits per heavy atom. The summed E-state index contributed by atoms with van der Waals surface area (Å²) in [5.74, 6) is -0.272. The summed E-state index contributed by atoms with van der Waals surface area (Å²) in [7, 11) is -1.21. The Labute approximate surface area is 145 Å². The predicted molar refractivity (Wildman–Crippen MR) is 105 cm³/mol. The largest absolute Gasteiger partial charge is 0.456 e. The normalized spacial score (nSPS) is 13.1. The van der Waals surface area contributed by atoms with Crippen LogP contribution in [0.4, 0.5) is 0 Å². The van der Waals surface area contributed by atoms with E-state index in [1.54, 1.807) is 11.8 Å². The van der Waals surface area contributed by atoms with Gasteiger partial charge in [0.05, 0.1) is 18.7 Å². The molecule has 0 amide bonds. The third-order valence-corrected chi connectivity index (χ3v) is 4.84. The summed E-state index contributed by atoms with van der Waals surface area (Å²) in [5.41, 5.74) is 2.13. The van der Waals surface area contributed by atoms with Crippen molar-refractivity contribution in [1.29, 1.82) is 0 Å². The van der Waals surface area contributed by atoms with Crippen LogP contribution in [0.2, 0.25) is 19.6 Å². The Balaban J connectivity index is 3.05. The first-order valence-electron chi connectivity index (χ1n) is 7.86. The molecule has 0 atom stereocenters. The molecule has 0 N–H and O–H groups in total. The van der Waals surface area contributed by atoms with Crippen LogP contribution in [0.1, 0.15) is 42.3 Å². The lowest BCUT2D eigenvalue weighted by molar-refractivity contribution is 0.00688. The molecular weight excluding hydrogens is 322 g/mol. The first-order valence-corrected chi connectivity index (χ1v) is 12.8. The van der Waals surface area contributed by atoms with Gasteiger partial charge in [0, 0.05) is 11.7 Å². The van der Waals surface area contributed by atoms with Crippen LogP contribution in [0.15, 0.2) is 23.2 Å². The smallest absolute Gasteiger partial charge is 0.338 e. The predicted octanol–water partition coefficient (Wildman–Crippen LogP) is 4.94.